The number of aromatic nitrogens is 2. The normalized spacial score (nSPS) is 10.4. The number of carbonyl (C=O) groups is 1. The predicted octanol–water partition coefficient (Wildman–Crippen LogP) is 3.75. The smallest absolute Gasteiger partial charge is 0.292 e. The zero-order chi connectivity index (χ0) is 19.4. The fraction of sp³-hybridized carbons (Fsp3) is 0.111. The van der Waals surface area contributed by atoms with E-state index in [2.05, 4.69) is 16.0 Å². The summed E-state index contributed by atoms with van der Waals surface area (Å²) < 4.78 is 1.64. The molecule has 3 aromatic rings. The Hall–Kier alpha value is -3.39. The Kier molecular flexibility index (Phi) is 5.37. The summed E-state index contributed by atoms with van der Waals surface area (Å²) in [7, 11) is 0. The Morgan fingerprint density at radius 1 is 1.26 bits per heavy atom. The molecule has 8 nitrogen and oxygen atoms in total. The molecule has 2 aromatic carbocycles. The molecule has 0 spiro atoms. The molecule has 0 radical (unpaired) electrons. The van der Waals surface area contributed by atoms with Crippen LogP contribution in [0.4, 0.5) is 11.4 Å². The lowest BCUT2D eigenvalue weighted by Gasteiger charge is -2.10. The van der Waals surface area contributed by atoms with E-state index in [4.69, 9.17) is 11.6 Å². The van der Waals surface area contributed by atoms with Crippen LogP contribution in [0, 0.1) is 10.1 Å². The molecule has 1 heterocycles. The Labute approximate surface area is 159 Å². The van der Waals surface area contributed by atoms with Gasteiger partial charge in [-0.15, -0.1) is 0 Å². The van der Waals surface area contributed by atoms with Crippen LogP contribution in [0.2, 0.25) is 5.02 Å². The maximum atomic E-state index is 12.6. The minimum atomic E-state index is -0.525. The van der Waals surface area contributed by atoms with Gasteiger partial charge in [0, 0.05) is 11.1 Å². The van der Waals surface area contributed by atoms with Crippen LogP contribution < -0.4 is 10.9 Å². The van der Waals surface area contributed by atoms with Crippen molar-refractivity contribution in [3.05, 3.63) is 81.1 Å². The fourth-order valence-corrected chi connectivity index (χ4v) is 2.85. The molecule has 0 aliphatic rings. The average Bonchev–Trinajstić information content (AvgIpc) is 3.10. The van der Waals surface area contributed by atoms with Gasteiger partial charge in [-0.2, -0.15) is 5.10 Å². The lowest BCUT2D eigenvalue weighted by atomic mass is 10.2. The maximum Gasteiger partial charge on any atom is 0.294 e. The highest BCUT2D eigenvalue weighted by molar-refractivity contribution is 6.30. The number of anilines is 1. The predicted molar refractivity (Wildman–Crippen MR) is 102 cm³/mol. The van der Waals surface area contributed by atoms with E-state index in [-0.39, 0.29) is 11.4 Å². The van der Waals surface area contributed by atoms with Crippen LogP contribution in [0.15, 0.2) is 54.7 Å². The van der Waals surface area contributed by atoms with E-state index < -0.39 is 10.8 Å². The number of amides is 1. The molecule has 0 saturated heterocycles. The molecule has 1 amide bonds. The van der Waals surface area contributed by atoms with E-state index in [1.807, 2.05) is 13.0 Å². The van der Waals surface area contributed by atoms with Gasteiger partial charge in [0.2, 0.25) is 0 Å². The first-order valence-electron chi connectivity index (χ1n) is 8.14. The molecule has 0 fully saturated rings. The number of benzene rings is 2. The summed E-state index contributed by atoms with van der Waals surface area (Å²) in [6.45, 7) is 1.91. The van der Waals surface area contributed by atoms with Gasteiger partial charge < -0.3 is 0 Å². The highest BCUT2D eigenvalue weighted by Crippen LogP contribution is 2.23. The van der Waals surface area contributed by atoms with Crippen molar-refractivity contribution < 1.29 is 9.72 Å². The molecule has 27 heavy (non-hydrogen) atoms. The molecule has 3 rings (SSSR count). The summed E-state index contributed by atoms with van der Waals surface area (Å²) in [5, 5.41) is 15.9. The van der Waals surface area contributed by atoms with Crippen LogP contribution >= 0.6 is 11.6 Å². The number of nitrogens with zero attached hydrogens (tertiary/aromatic N) is 3. The summed E-state index contributed by atoms with van der Waals surface area (Å²) in [5.74, 6) is -0.446. The molecule has 0 aliphatic heterocycles. The molecule has 9 heteroatoms. The van der Waals surface area contributed by atoms with Gasteiger partial charge in [0.25, 0.3) is 11.6 Å². The van der Waals surface area contributed by atoms with Gasteiger partial charge in [-0.25, -0.2) is 4.68 Å². The number of hydrogen-bond acceptors (Lipinski definition) is 5. The summed E-state index contributed by atoms with van der Waals surface area (Å²) >= 11 is 6.03. The van der Waals surface area contributed by atoms with Crippen molar-refractivity contribution in [2.24, 2.45) is 0 Å². The fourth-order valence-electron chi connectivity index (χ4n) is 2.66. The van der Waals surface area contributed by atoms with Gasteiger partial charge in [0.1, 0.15) is 5.69 Å². The first kappa shape index (κ1) is 18.4. The molecule has 0 aliphatic carbocycles. The van der Waals surface area contributed by atoms with Gasteiger partial charge in [0.15, 0.2) is 0 Å². The Balaban J connectivity index is 1.83. The van der Waals surface area contributed by atoms with Crippen molar-refractivity contribution in [1.29, 1.82) is 0 Å². The van der Waals surface area contributed by atoms with Crippen molar-refractivity contribution in [2.45, 2.75) is 13.3 Å². The summed E-state index contributed by atoms with van der Waals surface area (Å²) in [6, 6.07) is 13.2. The van der Waals surface area contributed by atoms with E-state index in [0.717, 1.165) is 5.69 Å². The number of carbonyl (C=O) groups excluding carboxylic acids is 1. The van der Waals surface area contributed by atoms with Gasteiger partial charge >= 0.3 is 0 Å². The third kappa shape index (κ3) is 3.90. The highest BCUT2D eigenvalue weighted by atomic mass is 35.5. The van der Waals surface area contributed by atoms with Crippen LogP contribution in [0.1, 0.15) is 23.0 Å². The van der Waals surface area contributed by atoms with Crippen LogP contribution in [0.5, 0.6) is 0 Å². The lowest BCUT2D eigenvalue weighted by molar-refractivity contribution is -0.384. The van der Waals surface area contributed by atoms with Gasteiger partial charge in [-0.1, -0.05) is 36.7 Å². The zero-order valence-corrected chi connectivity index (χ0v) is 15.1. The van der Waals surface area contributed by atoms with Crippen molar-refractivity contribution in [1.82, 2.24) is 15.2 Å². The lowest BCUT2D eigenvalue weighted by Crippen LogP contribution is -2.30. The highest BCUT2D eigenvalue weighted by Gasteiger charge is 2.18. The SMILES string of the molecule is CCc1c(C(=O)NNc2ccccc2[N+](=O)[O-])cnn1-c1cccc(Cl)c1. The second kappa shape index (κ2) is 7.88. The maximum absolute atomic E-state index is 12.6. The number of halogens is 1. The molecule has 0 unspecified atom stereocenters. The molecule has 138 valence electrons. The van der Waals surface area contributed by atoms with E-state index in [1.54, 1.807) is 35.0 Å². The van der Waals surface area contributed by atoms with Gasteiger partial charge in [-0.3, -0.25) is 25.8 Å². The number of nitrogens with one attached hydrogen (secondary N) is 2. The number of hydrogen-bond donors (Lipinski definition) is 2. The summed E-state index contributed by atoms with van der Waals surface area (Å²) in [6.07, 6.45) is 2.01. The molecular weight excluding hydrogens is 370 g/mol. The monoisotopic (exact) mass is 385 g/mol. The Morgan fingerprint density at radius 2 is 2.04 bits per heavy atom. The van der Waals surface area contributed by atoms with E-state index in [1.165, 1.54) is 18.3 Å². The van der Waals surface area contributed by atoms with Crippen molar-refractivity contribution >= 4 is 28.9 Å². The quantitative estimate of drug-likeness (QED) is 0.497. The average molecular weight is 386 g/mol. The summed E-state index contributed by atoms with van der Waals surface area (Å²) in [4.78, 5) is 23.1. The molecule has 0 atom stereocenters. The standard InChI is InChI=1S/C18H16ClN5O3/c1-2-16-14(11-20-23(16)13-7-5-6-12(19)10-13)18(25)22-21-15-8-3-4-9-17(15)24(26)27/h3-11,21H,2H2,1H3,(H,22,25). The molecule has 2 N–H and O–H groups in total. The summed E-state index contributed by atoms with van der Waals surface area (Å²) in [5.41, 5.74) is 6.95. The van der Waals surface area contributed by atoms with Crippen molar-refractivity contribution in [3.8, 4) is 5.69 Å². The molecule has 0 bridgehead atoms. The zero-order valence-electron chi connectivity index (χ0n) is 14.3. The minimum absolute atomic E-state index is 0.136. The van der Waals surface area contributed by atoms with Crippen molar-refractivity contribution in [3.63, 3.8) is 0 Å². The third-order valence-electron chi connectivity index (χ3n) is 3.91. The van der Waals surface area contributed by atoms with Gasteiger partial charge in [-0.05, 0) is 30.7 Å². The third-order valence-corrected chi connectivity index (χ3v) is 4.15. The number of para-hydroxylation sites is 2. The van der Waals surface area contributed by atoms with Crippen molar-refractivity contribution in [2.75, 3.05) is 5.43 Å². The van der Waals surface area contributed by atoms with E-state index in [9.17, 15) is 14.9 Å². The van der Waals surface area contributed by atoms with Crippen LogP contribution in [0.25, 0.3) is 5.69 Å². The van der Waals surface area contributed by atoms with Gasteiger partial charge in [0.05, 0.1) is 28.1 Å². The van der Waals surface area contributed by atoms with Crippen LogP contribution in [-0.2, 0) is 6.42 Å². The largest absolute Gasteiger partial charge is 0.294 e. The molecular formula is C18H16ClN5O3. The van der Waals surface area contributed by atoms with E-state index >= 15 is 0 Å². The number of nitro benzene ring substituents is 1. The van der Waals surface area contributed by atoms with Crippen LogP contribution in [0.3, 0.4) is 0 Å². The minimum Gasteiger partial charge on any atom is -0.292 e. The first-order valence-corrected chi connectivity index (χ1v) is 8.51. The Morgan fingerprint density at radius 3 is 2.74 bits per heavy atom. The first-order chi connectivity index (χ1) is 13.0. The second-order valence-electron chi connectivity index (χ2n) is 5.60. The molecule has 0 saturated carbocycles. The number of rotatable bonds is 6. The number of hydrazine groups is 1. The Bertz CT molecular complexity index is 1000. The molecule has 1 aromatic heterocycles. The second-order valence-corrected chi connectivity index (χ2v) is 6.04. The van der Waals surface area contributed by atoms with Crippen LogP contribution in [-0.4, -0.2) is 20.6 Å². The topological polar surface area (TPSA) is 102 Å². The number of nitro groups is 1. The van der Waals surface area contributed by atoms with E-state index in [0.29, 0.717) is 22.7 Å².